The summed E-state index contributed by atoms with van der Waals surface area (Å²) in [4.78, 5) is 29.6. The largest absolute Gasteiger partial charge is 0.352 e. The van der Waals surface area contributed by atoms with E-state index < -0.39 is 0 Å². The van der Waals surface area contributed by atoms with Gasteiger partial charge in [-0.25, -0.2) is 9.97 Å². The first kappa shape index (κ1) is 20.6. The fourth-order valence-electron chi connectivity index (χ4n) is 4.55. The van der Waals surface area contributed by atoms with Gasteiger partial charge in [-0.3, -0.25) is 4.79 Å². The number of rotatable bonds is 5. The summed E-state index contributed by atoms with van der Waals surface area (Å²) in [6, 6.07) is 0. The number of hydrogen-bond acceptors (Lipinski definition) is 5. The average molecular weight is 415 g/mol. The Hall–Kier alpha value is -1.69. The molecule has 1 aliphatic carbocycles. The van der Waals surface area contributed by atoms with Crippen LogP contribution >= 0.6 is 11.3 Å². The smallest absolute Gasteiger partial charge is 0.225 e. The van der Waals surface area contributed by atoms with Gasteiger partial charge < -0.3 is 9.80 Å². The molecule has 0 saturated carbocycles. The summed E-state index contributed by atoms with van der Waals surface area (Å²) in [5, 5.41) is 1.31. The van der Waals surface area contributed by atoms with E-state index in [4.69, 9.17) is 9.97 Å². The standard InChI is InChI=1S/C23H34N4OS/c1-5-6-7-19-24-21(26-10-12-27(13-11-26)23(28)15(2)3)20-17-9-8-16(4)14-18(17)29-22(20)25-19/h15-16H,5-14H2,1-4H3/t16-/m0/s1. The Morgan fingerprint density at radius 1 is 1.21 bits per heavy atom. The molecule has 2 aromatic rings. The molecule has 1 aliphatic heterocycles. The number of amides is 1. The van der Waals surface area contributed by atoms with Crippen molar-refractivity contribution in [3.8, 4) is 0 Å². The molecule has 2 aliphatic rings. The molecule has 29 heavy (non-hydrogen) atoms. The highest BCUT2D eigenvalue weighted by atomic mass is 32.1. The Bertz CT molecular complexity index is 883. The summed E-state index contributed by atoms with van der Waals surface area (Å²) in [7, 11) is 0. The van der Waals surface area contributed by atoms with Gasteiger partial charge >= 0.3 is 0 Å². The first-order valence-corrected chi connectivity index (χ1v) is 12.1. The maximum Gasteiger partial charge on any atom is 0.225 e. The van der Waals surface area contributed by atoms with E-state index >= 15 is 0 Å². The number of nitrogens with zero attached hydrogens (tertiary/aromatic N) is 4. The molecule has 2 aromatic heterocycles. The van der Waals surface area contributed by atoms with E-state index in [0.29, 0.717) is 0 Å². The molecule has 5 nitrogen and oxygen atoms in total. The molecular weight excluding hydrogens is 380 g/mol. The van der Waals surface area contributed by atoms with Gasteiger partial charge in [-0.15, -0.1) is 11.3 Å². The van der Waals surface area contributed by atoms with E-state index in [1.807, 2.05) is 30.1 Å². The molecule has 0 spiro atoms. The molecule has 4 rings (SSSR count). The number of anilines is 1. The molecule has 158 valence electrons. The van der Waals surface area contributed by atoms with Gasteiger partial charge in [0.1, 0.15) is 16.5 Å². The molecule has 0 unspecified atom stereocenters. The zero-order valence-electron chi connectivity index (χ0n) is 18.3. The molecule has 0 N–H and O–H groups in total. The van der Waals surface area contributed by atoms with Gasteiger partial charge in [0.15, 0.2) is 0 Å². The fraction of sp³-hybridized carbons (Fsp3) is 0.696. The first-order valence-electron chi connectivity index (χ1n) is 11.3. The van der Waals surface area contributed by atoms with Crippen LogP contribution in [0.5, 0.6) is 0 Å². The van der Waals surface area contributed by atoms with Crippen LogP contribution in [0.25, 0.3) is 10.2 Å². The number of piperazine rings is 1. The zero-order valence-corrected chi connectivity index (χ0v) is 19.1. The molecule has 6 heteroatoms. The predicted molar refractivity (Wildman–Crippen MR) is 121 cm³/mol. The third kappa shape index (κ3) is 4.14. The monoisotopic (exact) mass is 414 g/mol. The average Bonchev–Trinajstić information content (AvgIpc) is 3.08. The van der Waals surface area contributed by atoms with Crippen LogP contribution < -0.4 is 4.90 Å². The minimum absolute atomic E-state index is 0.0684. The summed E-state index contributed by atoms with van der Waals surface area (Å²) < 4.78 is 0. The van der Waals surface area contributed by atoms with Gasteiger partial charge in [0, 0.05) is 43.4 Å². The minimum Gasteiger partial charge on any atom is -0.352 e. The molecule has 1 amide bonds. The summed E-state index contributed by atoms with van der Waals surface area (Å²) >= 11 is 1.90. The Morgan fingerprint density at radius 3 is 2.66 bits per heavy atom. The second-order valence-electron chi connectivity index (χ2n) is 9.07. The van der Waals surface area contributed by atoms with Crippen molar-refractivity contribution in [2.24, 2.45) is 11.8 Å². The molecular formula is C23H34N4OS. The van der Waals surface area contributed by atoms with Crippen LogP contribution in [-0.4, -0.2) is 47.0 Å². The lowest BCUT2D eigenvalue weighted by Crippen LogP contribution is -2.50. The normalized spacial score (nSPS) is 19.8. The molecule has 0 aromatic carbocycles. The lowest BCUT2D eigenvalue weighted by molar-refractivity contribution is -0.134. The fourth-order valence-corrected chi connectivity index (χ4v) is 5.94. The van der Waals surface area contributed by atoms with Crippen molar-refractivity contribution in [3.05, 3.63) is 16.3 Å². The Morgan fingerprint density at radius 2 is 1.97 bits per heavy atom. The number of aryl methyl sites for hydroxylation is 2. The van der Waals surface area contributed by atoms with E-state index in [-0.39, 0.29) is 11.8 Å². The van der Waals surface area contributed by atoms with E-state index in [1.54, 1.807) is 0 Å². The Balaban J connectivity index is 1.67. The number of carbonyl (C=O) groups is 1. The third-order valence-corrected chi connectivity index (χ3v) is 7.47. The highest BCUT2D eigenvalue weighted by molar-refractivity contribution is 7.19. The van der Waals surface area contributed by atoms with Gasteiger partial charge in [-0.05, 0) is 37.2 Å². The van der Waals surface area contributed by atoms with Crippen LogP contribution in [-0.2, 0) is 24.1 Å². The summed E-state index contributed by atoms with van der Waals surface area (Å²) in [6.45, 7) is 11.8. The quantitative estimate of drug-likeness (QED) is 0.725. The van der Waals surface area contributed by atoms with Crippen LogP contribution in [0.1, 0.15) is 63.2 Å². The Labute approximate surface area is 178 Å². The van der Waals surface area contributed by atoms with Gasteiger partial charge in [-0.2, -0.15) is 0 Å². The van der Waals surface area contributed by atoms with Crippen LogP contribution in [0.3, 0.4) is 0 Å². The zero-order chi connectivity index (χ0) is 20.5. The summed E-state index contributed by atoms with van der Waals surface area (Å²) in [6.07, 6.45) is 6.81. The van der Waals surface area contributed by atoms with Crippen molar-refractivity contribution in [2.45, 2.75) is 66.2 Å². The molecule has 1 atom stereocenters. The van der Waals surface area contributed by atoms with E-state index in [2.05, 4.69) is 18.7 Å². The van der Waals surface area contributed by atoms with E-state index in [9.17, 15) is 4.79 Å². The maximum absolute atomic E-state index is 12.4. The summed E-state index contributed by atoms with van der Waals surface area (Å²) in [5.41, 5.74) is 1.50. The van der Waals surface area contributed by atoms with E-state index in [0.717, 1.165) is 69.4 Å². The maximum atomic E-state index is 12.4. The number of carbonyl (C=O) groups excluding carboxylic acids is 1. The third-order valence-electron chi connectivity index (χ3n) is 6.32. The lowest BCUT2D eigenvalue weighted by Gasteiger charge is -2.36. The minimum atomic E-state index is 0.0684. The second-order valence-corrected chi connectivity index (χ2v) is 10.1. The van der Waals surface area contributed by atoms with Crippen LogP contribution in [0, 0.1) is 11.8 Å². The Kier molecular flexibility index (Phi) is 6.09. The van der Waals surface area contributed by atoms with Gasteiger partial charge in [0.05, 0.1) is 5.39 Å². The van der Waals surface area contributed by atoms with Crippen molar-refractivity contribution in [1.29, 1.82) is 0 Å². The highest BCUT2D eigenvalue weighted by Crippen LogP contribution is 2.41. The number of fused-ring (bicyclic) bond motifs is 3. The van der Waals surface area contributed by atoms with E-state index in [1.165, 1.54) is 33.5 Å². The highest BCUT2D eigenvalue weighted by Gasteiger charge is 2.29. The number of thiophene rings is 1. The van der Waals surface area contributed by atoms with Gasteiger partial charge in [0.25, 0.3) is 0 Å². The van der Waals surface area contributed by atoms with Crippen molar-refractivity contribution in [1.82, 2.24) is 14.9 Å². The number of hydrogen-bond donors (Lipinski definition) is 0. The number of aromatic nitrogens is 2. The SMILES string of the molecule is CCCCc1nc(N2CCN(C(=O)C(C)C)CC2)c2c3c(sc2n1)C[C@@H](C)CC3. The summed E-state index contributed by atoms with van der Waals surface area (Å²) in [5.74, 6) is 3.21. The second kappa shape index (κ2) is 8.58. The first-order chi connectivity index (χ1) is 14.0. The lowest BCUT2D eigenvalue weighted by atomic mass is 9.89. The van der Waals surface area contributed by atoms with Gasteiger partial charge in [-0.1, -0.05) is 34.1 Å². The topological polar surface area (TPSA) is 49.3 Å². The van der Waals surface area contributed by atoms with Crippen molar-refractivity contribution in [3.63, 3.8) is 0 Å². The van der Waals surface area contributed by atoms with Crippen molar-refractivity contribution >= 4 is 33.3 Å². The van der Waals surface area contributed by atoms with Crippen LogP contribution in [0.15, 0.2) is 0 Å². The van der Waals surface area contributed by atoms with Gasteiger partial charge in [0.2, 0.25) is 5.91 Å². The van der Waals surface area contributed by atoms with Crippen molar-refractivity contribution < 1.29 is 4.79 Å². The molecule has 3 heterocycles. The van der Waals surface area contributed by atoms with Crippen LogP contribution in [0.4, 0.5) is 5.82 Å². The van der Waals surface area contributed by atoms with Crippen LogP contribution in [0.2, 0.25) is 0 Å². The molecule has 1 saturated heterocycles. The molecule has 1 fully saturated rings. The van der Waals surface area contributed by atoms with Crippen molar-refractivity contribution in [2.75, 3.05) is 31.1 Å². The molecule has 0 bridgehead atoms. The molecule has 0 radical (unpaired) electrons. The number of unbranched alkanes of at least 4 members (excludes halogenated alkanes) is 1. The predicted octanol–water partition coefficient (Wildman–Crippen LogP) is 4.46.